The van der Waals surface area contributed by atoms with Gasteiger partial charge in [0, 0.05) is 0 Å². The highest BCUT2D eigenvalue weighted by Gasteiger charge is 2.16. The van der Waals surface area contributed by atoms with E-state index in [2.05, 4.69) is 12.2 Å². The van der Waals surface area contributed by atoms with Crippen molar-refractivity contribution in [3.63, 3.8) is 0 Å². The Bertz CT molecular complexity index is 134. The number of hydrogen-bond donors (Lipinski definition) is 0. The third kappa shape index (κ3) is 2.36. The Morgan fingerprint density at radius 3 is 2.27 bits per heavy atom. The molecule has 0 aromatic rings. The Kier molecular flexibility index (Phi) is 2.30. The third-order valence-electron chi connectivity index (χ3n) is 3.10. The van der Waals surface area contributed by atoms with E-state index in [1.807, 2.05) is 0 Å². The van der Waals surface area contributed by atoms with Crippen LogP contribution in [0.5, 0.6) is 0 Å². The van der Waals surface area contributed by atoms with E-state index in [9.17, 15) is 0 Å². The van der Waals surface area contributed by atoms with Gasteiger partial charge in [0.1, 0.15) is 0 Å². The van der Waals surface area contributed by atoms with Crippen LogP contribution in [0.3, 0.4) is 0 Å². The largest absolute Gasteiger partial charge is 0.0810 e. The molecule has 0 unspecified atom stereocenters. The first-order valence-corrected chi connectivity index (χ1v) is 5.13. The monoisotopic (exact) mass is 150 g/mol. The molecular formula is C11H18. The zero-order valence-electron chi connectivity index (χ0n) is 7.26. The maximum absolute atomic E-state index is 2.34. The fourth-order valence-corrected chi connectivity index (χ4v) is 2.17. The minimum Gasteiger partial charge on any atom is -0.0810 e. The summed E-state index contributed by atoms with van der Waals surface area (Å²) >= 11 is 0. The summed E-state index contributed by atoms with van der Waals surface area (Å²) in [7, 11) is 0. The molecule has 0 heterocycles. The Morgan fingerprint density at radius 2 is 1.64 bits per heavy atom. The van der Waals surface area contributed by atoms with Crippen LogP contribution in [-0.4, -0.2) is 0 Å². The lowest BCUT2D eigenvalue weighted by Crippen LogP contribution is -2.06. The highest BCUT2D eigenvalue weighted by Crippen LogP contribution is 2.31. The number of rotatable bonds is 3. The second kappa shape index (κ2) is 3.42. The van der Waals surface area contributed by atoms with Crippen molar-refractivity contribution in [1.29, 1.82) is 0 Å². The van der Waals surface area contributed by atoms with E-state index in [1.54, 1.807) is 0 Å². The first-order valence-electron chi connectivity index (χ1n) is 5.13. The Balaban J connectivity index is 1.59. The van der Waals surface area contributed by atoms with Crippen molar-refractivity contribution >= 4 is 0 Å². The molecule has 0 radical (unpaired) electrons. The molecule has 2 aliphatic rings. The van der Waals surface area contributed by atoms with Gasteiger partial charge in [-0.1, -0.05) is 44.3 Å². The molecule has 2 aliphatic carbocycles. The van der Waals surface area contributed by atoms with Gasteiger partial charge in [-0.25, -0.2) is 0 Å². The van der Waals surface area contributed by atoms with Gasteiger partial charge in [-0.3, -0.25) is 0 Å². The van der Waals surface area contributed by atoms with Crippen molar-refractivity contribution in [2.24, 2.45) is 11.8 Å². The van der Waals surface area contributed by atoms with Crippen molar-refractivity contribution in [3.8, 4) is 0 Å². The van der Waals surface area contributed by atoms with E-state index < -0.39 is 0 Å². The van der Waals surface area contributed by atoms with Crippen LogP contribution in [0.4, 0.5) is 0 Å². The molecule has 0 nitrogen and oxygen atoms in total. The van der Waals surface area contributed by atoms with Crippen molar-refractivity contribution < 1.29 is 0 Å². The molecule has 11 heavy (non-hydrogen) atoms. The summed E-state index contributed by atoms with van der Waals surface area (Å²) in [5.74, 6) is 2.00. The number of hydrogen-bond acceptors (Lipinski definition) is 0. The second-order valence-electron chi connectivity index (χ2n) is 4.13. The molecule has 0 bridgehead atoms. The molecule has 1 fully saturated rings. The van der Waals surface area contributed by atoms with Crippen LogP contribution in [0, 0.1) is 11.8 Å². The van der Waals surface area contributed by atoms with Gasteiger partial charge in [0.05, 0.1) is 0 Å². The van der Waals surface area contributed by atoms with Crippen molar-refractivity contribution in [3.05, 3.63) is 12.2 Å². The van der Waals surface area contributed by atoms with E-state index in [0.29, 0.717) is 0 Å². The van der Waals surface area contributed by atoms with Gasteiger partial charge >= 0.3 is 0 Å². The average molecular weight is 150 g/mol. The normalized spacial score (nSPS) is 25.8. The standard InChI is InChI=1S/C11H18/c1-2-4-10(5-3-1)6-7-11-8-9-11/h8-11H,1-7H2. The third-order valence-corrected chi connectivity index (χ3v) is 3.10. The second-order valence-corrected chi connectivity index (χ2v) is 4.13. The summed E-state index contributed by atoms with van der Waals surface area (Å²) in [5, 5.41) is 0. The lowest BCUT2D eigenvalue weighted by atomic mass is 9.85. The van der Waals surface area contributed by atoms with Crippen molar-refractivity contribution in [1.82, 2.24) is 0 Å². The van der Waals surface area contributed by atoms with Crippen LogP contribution >= 0.6 is 0 Å². The van der Waals surface area contributed by atoms with E-state index in [4.69, 9.17) is 0 Å². The molecule has 0 amide bonds. The predicted molar refractivity (Wildman–Crippen MR) is 48.4 cm³/mol. The molecule has 62 valence electrons. The SMILES string of the molecule is C1=CC1CCC1CCCCC1. The summed E-state index contributed by atoms with van der Waals surface area (Å²) in [5.41, 5.74) is 0. The summed E-state index contributed by atoms with van der Waals surface area (Å²) < 4.78 is 0. The first kappa shape index (κ1) is 7.39. The van der Waals surface area contributed by atoms with Crippen LogP contribution in [0.2, 0.25) is 0 Å². The van der Waals surface area contributed by atoms with Crippen LogP contribution in [0.1, 0.15) is 44.9 Å². The maximum atomic E-state index is 2.34. The van der Waals surface area contributed by atoms with Gasteiger partial charge in [0.2, 0.25) is 0 Å². The summed E-state index contributed by atoms with van der Waals surface area (Å²) in [6.45, 7) is 0. The Hall–Kier alpha value is -0.260. The zero-order chi connectivity index (χ0) is 7.52. The predicted octanol–water partition coefficient (Wildman–Crippen LogP) is 3.53. The Morgan fingerprint density at radius 1 is 0.909 bits per heavy atom. The molecule has 0 heteroatoms. The smallest absolute Gasteiger partial charge is 0.00530 e. The summed E-state index contributed by atoms with van der Waals surface area (Å²) in [4.78, 5) is 0. The summed E-state index contributed by atoms with van der Waals surface area (Å²) in [6, 6.07) is 0. The van der Waals surface area contributed by atoms with Gasteiger partial charge in [-0.2, -0.15) is 0 Å². The van der Waals surface area contributed by atoms with Gasteiger partial charge in [0.15, 0.2) is 0 Å². The number of allylic oxidation sites excluding steroid dienone is 2. The van der Waals surface area contributed by atoms with Gasteiger partial charge < -0.3 is 0 Å². The highest BCUT2D eigenvalue weighted by atomic mass is 14.2. The minimum absolute atomic E-state index is 0.914. The Labute approximate surface area is 69.7 Å². The first-order chi connectivity index (χ1) is 5.45. The van der Waals surface area contributed by atoms with Crippen LogP contribution < -0.4 is 0 Å². The zero-order valence-corrected chi connectivity index (χ0v) is 7.26. The van der Waals surface area contributed by atoms with Crippen LogP contribution in [0.25, 0.3) is 0 Å². The maximum Gasteiger partial charge on any atom is -0.00530 e. The van der Waals surface area contributed by atoms with E-state index in [-0.39, 0.29) is 0 Å². The highest BCUT2D eigenvalue weighted by molar-refractivity contribution is 5.12. The molecule has 2 rings (SSSR count). The quantitative estimate of drug-likeness (QED) is 0.540. The minimum atomic E-state index is 0.914. The molecule has 0 N–H and O–H groups in total. The van der Waals surface area contributed by atoms with Gasteiger partial charge in [-0.15, -0.1) is 0 Å². The molecule has 0 aromatic heterocycles. The summed E-state index contributed by atoms with van der Waals surface area (Å²) in [6.07, 6.45) is 15.2. The lowest BCUT2D eigenvalue weighted by molar-refractivity contribution is 0.329. The lowest BCUT2D eigenvalue weighted by Gasteiger charge is -2.21. The fraction of sp³-hybridized carbons (Fsp3) is 0.818. The van der Waals surface area contributed by atoms with Gasteiger partial charge in [-0.05, 0) is 24.7 Å². The average Bonchev–Trinajstić information content (AvgIpc) is 2.86. The molecule has 1 saturated carbocycles. The molecule has 0 spiro atoms. The molecule has 0 atom stereocenters. The van der Waals surface area contributed by atoms with Gasteiger partial charge in [0.25, 0.3) is 0 Å². The van der Waals surface area contributed by atoms with Crippen molar-refractivity contribution in [2.45, 2.75) is 44.9 Å². The molecular weight excluding hydrogens is 132 g/mol. The van der Waals surface area contributed by atoms with E-state index in [1.165, 1.54) is 44.9 Å². The molecule has 0 saturated heterocycles. The topological polar surface area (TPSA) is 0 Å². The molecule has 0 aliphatic heterocycles. The van der Waals surface area contributed by atoms with Crippen LogP contribution in [-0.2, 0) is 0 Å². The van der Waals surface area contributed by atoms with E-state index in [0.717, 1.165) is 11.8 Å². The molecule has 0 aromatic carbocycles. The van der Waals surface area contributed by atoms with Crippen molar-refractivity contribution in [2.75, 3.05) is 0 Å². The van der Waals surface area contributed by atoms with E-state index >= 15 is 0 Å². The van der Waals surface area contributed by atoms with Crippen LogP contribution in [0.15, 0.2) is 12.2 Å². The fourth-order valence-electron chi connectivity index (χ4n) is 2.17.